The van der Waals surface area contributed by atoms with Crippen molar-refractivity contribution in [3.63, 3.8) is 0 Å². The Labute approximate surface area is 365 Å². The van der Waals surface area contributed by atoms with E-state index in [1.807, 2.05) is 17.4 Å². The van der Waals surface area contributed by atoms with Gasteiger partial charge in [0.15, 0.2) is 5.82 Å². The van der Waals surface area contributed by atoms with E-state index in [1.54, 1.807) is 0 Å². The van der Waals surface area contributed by atoms with Gasteiger partial charge in [-0.15, -0.1) is 11.3 Å². The molecule has 62 heavy (non-hydrogen) atoms. The Morgan fingerprint density at radius 1 is 0.339 bits per heavy atom. The lowest BCUT2D eigenvalue weighted by atomic mass is 9.67. The normalized spacial score (nSPS) is 12.6. The first kappa shape index (κ1) is 36.2. The van der Waals surface area contributed by atoms with Gasteiger partial charge in [-0.3, -0.25) is 0 Å². The number of nitrogens with zero attached hydrogens (tertiary/aromatic N) is 2. The summed E-state index contributed by atoms with van der Waals surface area (Å²) in [7, 11) is 0. The maximum Gasteiger partial charge on any atom is 0.160 e. The summed E-state index contributed by atoms with van der Waals surface area (Å²) in [5.41, 5.74) is 16.5. The van der Waals surface area contributed by atoms with E-state index in [2.05, 4.69) is 224 Å². The number of rotatable bonds is 7. The number of aromatic nitrogens is 2. The van der Waals surface area contributed by atoms with Crippen molar-refractivity contribution in [3.8, 4) is 67.3 Å². The van der Waals surface area contributed by atoms with E-state index in [0.29, 0.717) is 5.82 Å². The number of fused-ring (bicyclic) bond motifs is 6. The van der Waals surface area contributed by atoms with Crippen LogP contribution in [0.15, 0.2) is 231 Å². The van der Waals surface area contributed by atoms with Crippen LogP contribution in [0.3, 0.4) is 0 Å². The van der Waals surface area contributed by atoms with E-state index in [4.69, 9.17) is 9.97 Å². The second-order valence-electron chi connectivity index (χ2n) is 16.0. The first-order valence-corrected chi connectivity index (χ1v) is 22.0. The van der Waals surface area contributed by atoms with Crippen LogP contribution in [0.2, 0.25) is 0 Å². The molecule has 9 aromatic carbocycles. The SMILES string of the molecule is c1ccc(-c2nc(-c3ccccc3-c3ccccc3-c3cccc4c3sc3ccccc34)cc(-c3cccc4c3-c3ccccc3C4(c3ccccc3)c3ccccc3)n2)cc1. The van der Waals surface area contributed by atoms with Crippen molar-refractivity contribution in [2.24, 2.45) is 0 Å². The zero-order valence-electron chi connectivity index (χ0n) is 33.7. The highest BCUT2D eigenvalue weighted by molar-refractivity contribution is 7.26. The lowest BCUT2D eigenvalue weighted by Crippen LogP contribution is -2.28. The van der Waals surface area contributed by atoms with Gasteiger partial charge < -0.3 is 0 Å². The molecule has 1 aliphatic rings. The Kier molecular flexibility index (Phi) is 8.62. The standard InChI is InChI=1S/C59H38N2S/c1-4-20-39(21-5-1)58-60-53(45-29-13-12-27-43(45)42-26-10-11-28-44(42)47-32-18-33-48-46-30-15-17-37-55(46)62-57(47)48)38-54(61-58)50-34-19-36-52-56(50)49-31-14-16-35-51(49)59(52,40-22-6-2-7-23-40)41-24-8-3-9-25-41/h1-38H. The molecule has 2 aromatic heterocycles. The smallest absolute Gasteiger partial charge is 0.160 e. The van der Waals surface area contributed by atoms with Gasteiger partial charge in [0.2, 0.25) is 0 Å². The molecular weight excluding hydrogens is 769 g/mol. The van der Waals surface area contributed by atoms with Crippen molar-refractivity contribution in [1.82, 2.24) is 9.97 Å². The molecule has 0 saturated carbocycles. The highest BCUT2D eigenvalue weighted by Gasteiger charge is 2.46. The van der Waals surface area contributed by atoms with Gasteiger partial charge in [0.25, 0.3) is 0 Å². The fourth-order valence-corrected chi connectivity index (χ4v) is 11.2. The van der Waals surface area contributed by atoms with E-state index < -0.39 is 5.41 Å². The fourth-order valence-electron chi connectivity index (χ4n) is 10.00. The summed E-state index contributed by atoms with van der Waals surface area (Å²) in [5, 5.41) is 2.59. The number of thiophene rings is 1. The van der Waals surface area contributed by atoms with Gasteiger partial charge in [0, 0.05) is 42.4 Å². The lowest BCUT2D eigenvalue weighted by Gasteiger charge is -2.33. The van der Waals surface area contributed by atoms with Crippen molar-refractivity contribution in [3.05, 3.63) is 253 Å². The molecule has 0 spiro atoms. The summed E-state index contributed by atoms with van der Waals surface area (Å²) in [5.74, 6) is 0.692. The summed E-state index contributed by atoms with van der Waals surface area (Å²) < 4.78 is 2.60. The predicted octanol–water partition coefficient (Wildman–Crippen LogP) is 15.5. The van der Waals surface area contributed by atoms with Crippen molar-refractivity contribution in [1.29, 1.82) is 0 Å². The van der Waals surface area contributed by atoms with Crippen molar-refractivity contribution in [2.45, 2.75) is 5.41 Å². The quantitative estimate of drug-likeness (QED) is 0.160. The number of hydrogen-bond acceptors (Lipinski definition) is 3. The van der Waals surface area contributed by atoms with Crippen LogP contribution < -0.4 is 0 Å². The minimum absolute atomic E-state index is 0.518. The minimum Gasteiger partial charge on any atom is -0.228 e. The average Bonchev–Trinajstić information content (AvgIpc) is 3.89. The Morgan fingerprint density at radius 2 is 0.806 bits per heavy atom. The third-order valence-electron chi connectivity index (χ3n) is 12.6. The molecule has 0 amide bonds. The molecule has 2 nitrogen and oxygen atoms in total. The molecule has 1 aliphatic carbocycles. The van der Waals surface area contributed by atoms with Gasteiger partial charge in [0.1, 0.15) is 0 Å². The largest absolute Gasteiger partial charge is 0.228 e. The Hall–Kier alpha value is -7.72. The summed E-state index contributed by atoms with van der Waals surface area (Å²) in [6, 6.07) is 83.3. The van der Waals surface area contributed by atoms with Crippen LogP contribution >= 0.6 is 11.3 Å². The Morgan fingerprint density at radius 3 is 1.52 bits per heavy atom. The average molecular weight is 807 g/mol. The summed E-state index contributed by atoms with van der Waals surface area (Å²) in [6.45, 7) is 0. The molecule has 0 bridgehead atoms. The van der Waals surface area contributed by atoms with Crippen molar-refractivity contribution in [2.75, 3.05) is 0 Å². The van der Waals surface area contributed by atoms with Crippen molar-refractivity contribution >= 4 is 31.5 Å². The monoisotopic (exact) mass is 806 g/mol. The first-order valence-electron chi connectivity index (χ1n) is 21.2. The topological polar surface area (TPSA) is 25.8 Å². The Balaban J connectivity index is 1.10. The van der Waals surface area contributed by atoms with Gasteiger partial charge in [-0.2, -0.15) is 0 Å². The van der Waals surface area contributed by atoms with E-state index in [-0.39, 0.29) is 0 Å². The molecule has 0 fully saturated rings. The molecule has 12 rings (SSSR count). The molecule has 0 unspecified atom stereocenters. The van der Waals surface area contributed by atoms with Gasteiger partial charge in [-0.1, -0.05) is 218 Å². The van der Waals surface area contributed by atoms with E-state index in [9.17, 15) is 0 Å². The summed E-state index contributed by atoms with van der Waals surface area (Å²) >= 11 is 1.87. The van der Waals surface area contributed by atoms with Crippen LogP contribution in [0.25, 0.3) is 87.5 Å². The summed E-state index contributed by atoms with van der Waals surface area (Å²) in [6.07, 6.45) is 0. The first-order chi connectivity index (χ1) is 30.8. The minimum atomic E-state index is -0.518. The van der Waals surface area contributed by atoms with Crippen LogP contribution in [0.1, 0.15) is 22.3 Å². The third-order valence-corrected chi connectivity index (χ3v) is 13.9. The highest BCUT2D eigenvalue weighted by atomic mass is 32.1. The van der Waals surface area contributed by atoms with E-state index in [0.717, 1.165) is 33.6 Å². The van der Waals surface area contributed by atoms with Crippen LogP contribution in [0.5, 0.6) is 0 Å². The Bertz CT molecular complexity index is 3420. The van der Waals surface area contributed by atoms with Crippen LogP contribution in [-0.4, -0.2) is 9.97 Å². The zero-order chi connectivity index (χ0) is 41.0. The molecule has 0 radical (unpaired) electrons. The van der Waals surface area contributed by atoms with Gasteiger partial charge in [-0.05, 0) is 62.2 Å². The van der Waals surface area contributed by atoms with Crippen LogP contribution in [0, 0.1) is 0 Å². The van der Waals surface area contributed by atoms with Gasteiger partial charge >= 0.3 is 0 Å². The maximum absolute atomic E-state index is 5.46. The molecule has 0 atom stereocenters. The number of benzene rings is 9. The zero-order valence-corrected chi connectivity index (χ0v) is 34.6. The second-order valence-corrected chi connectivity index (χ2v) is 17.0. The van der Waals surface area contributed by atoms with E-state index in [1.165, 1.54) is 70.2 Å². The lowest BCUT2D eigenvalue weighted by molar-refractivity contribution is 0.768. The molecular formula is C59H38N2S. The fraction of sp³-hybridized carbons (Fsp3) is 0.0169. The molecule has 2 heterocycles. The molecule has 0 aliphatic heterocycles. The number of hydrogen-bond donors (Lipinski definition) is 0. The molecule has 0 N–H and O–H groups in total. The summed E-state index contributed by atoms with van der Waals surface area (Å²) in [4.78, 5) is 10.9. The van der Waals surface area contributed by atoms with Crippen LogP contribution in [-0.2, 0) is 5.41 Å². The van der Waals surface area contributed by atoms with Gasteiger partial charge in [-0.25, -0.2) is 9.97 Å². The van der Waals surface area contributed by atoms with Crippen LogP contribution in [0.4, 0.5) is 0 Å². The van der Waals surface area contributed by atoms with Gasteiger partial charge in [0.05, 0.1) is 16.8 Å². The third kappa shape index (κ3) is 5.63. The molecule has 11 aromatic rings. The molecule has 3 heteroatoms. The molecule has 290 valence electrons. The van der Waals surface area contributed by atoms with Crippen molar-refractivity contribution < 1.29 is 0 Å². The second kappa shape index (κ2) is 14.8. The highest BCUT2D eigenvalue weighted by Crippen LogP contribution is 2.58. The molecule has 0 saturated heterocycles. The van der Waals surface area contributed by atoms with E-state index >= 15 is 0 Å². The predicted molar refractivity (Wildman–Crippen MR) is 259 cm³/mol. The maximum atomic E-state index is 5.46.